The first kappa shape index (κ1) is 33.0. The Morgan fingerprint density at radius 2 is 1.77 bits per heavy atom. The van der Waals surface area contributed by atoms with Gasteiger partial charge in [-0.25, -0.2) is 0 Å². The molecule has 8 nitrogen and oxygen atoms in total. The molecule has 1 amide bonds. The van der Waals surface area contributed by atoms with Crippen LogP contribution < -0.4 is 14.4 Å². The van der Waals surface area contributed by atoms with Crippen molar-refractivity contribution in [3.8, 4) is 11.5 Å². The molecule has 2 heterocycles. The number of carbonyl (C=O) groups is 2. The van der Waals surface area contributed by atoms with Gasteiger partial charge in [0.1, 0.15) is 0 Å². The molecule has 6 rings (SSSR count). The zero-order valence-electron chi connectivity index (χ0n) is 26.7. The summed E-state index contributed by atoms with van der Waals surface area (Å²) in [5.41, 5.74) is 2.48. The smallest absolute Gasteiger partial charge is 0.296 e. The van der Waals surface area contributed by atoms with Gasteiger partial charge in [0.25, 0.3) is 5.91 Å². The highest BCUT2D eigenvalue weighted by Crippen LogP contribution is 2.45. The summed E-state index contributed by atoms with van der Waals surface area (Å²) >= 11 is 2.75. The molecule has 5 aromatic rings. The van der Waals surface area contributed by atoms with E-state index in [1.165, 1.54) is 39.5 Å². The van der Waals surface area contributed by atoms with Crippen LogP contribution in [0.2, 0.25) is 0 Å². The Balaban J connectivity index is 1.32. The second-order valence-corrected chi connectivity index (χ2v) is 13.4. The number of aliphatic hydroxyl groups is 1. The number of rotatable bonds is 14. The molecule has 0 radical (unpaired) electrons. The molecule has 1 aromatic heterocycles. The summed E-state index contributed by atoms with van der Waals surface area (Å²) < 4.78 is 12.3. The van der Waals surface area contributed by atoms with Crippen LogP contribution in [0, 0.1) is 0 Å². The number of carbonyl (C=O) groups excluding carboxylic acids is 2. The number of amides is 1. The molecule has 244 valence electrons. The van der Waals surface area contributed by atoms with Gasteiger partial charge in [0, 0.05) is 5.75 Å². The molecule has 4 aromatic carbocycles. The van der Waals surface area contributed by atoms with E-state index >= 15 is 0 Å². The first-order chi connectivity index (χ1) is 23.5. The molecule has 1 aliphatic rings. The third-order valence-corrected chi connectivity index (χ3v) is 10.1. The summed E-state index contributed by atoms with van der Waals surface area (Å²) in [4.78, 5) is 28.9. The number of hydrogen-bond donors (Lipinski definition) is 1. The molecule has 10 heteroatoms. The van der Waals surface area contributed by atoms with E-state index in [1.54, 1.807) is 31.4 Å². The number of nitrogens with zero attached hydrogens (tertiary/aromatic N) is 3. The van der Waals surface area contributed by atoms with Crippen molar-refractivity contribution in [1.82, 2.24) is 10.2 Å². The molecule has 0 spiro atoms. The van der Waals surface area contributed by atoms with Crippen molar-refractivity contribution >= 4 is 56.8 Å². The van der Waals surface area contributed by atoms with Crippen molar-refractivity contribution < 1.29 is 24.2 Å². The average Bonchev–Trinajstić information content (AvgIpc) is 3.70. The van der Waals surface area contributed by atoms with E-state index in [-0.39, 0.29) is 10.7 Å². The lowest BCUT2D eigenvalue weighted by Gasteiger charge is -2.24. The van der Waals surface area contributed by atoms with Crippen LogP contribution in [0.15, 0.2) is 113 Å². The van der Waals surface area contributed by atoms with Crippen LogP contribution in [-0.4, -0.2) is 40.7 Å². The summed E-state index contributed by atoms with van der Waals surface area (Å²) in [5, 5.41) is 22.6. The quantitative estimate of drug-likeness (QED) is 0.0539. The van der Waals surface area contributed by atoms with Gasteiger partial charge in [-0.3, -0.25) is 14.5 Å². The molecule has 1 unspecified atom stereocenters. The van der Waals surface area contributed by atoms with E-state index in [2.05, 4.69) is 41.4 Å². The van der Waals surface area contributed by atoms with E-state index in [4.69, 9.17) is 9.47 Å². The number of anilines is 1. The van der Waals surface area contributed by atoms with Gasteiger partial charge >= 0.3 is 0 Å². The van der Waals surface area contributed by atoms with Crippen LogP contribution in [0.4, 0.5) is 5.13 Å². The number of benzene rings is 4. The fourth-order valence-corrected chi connectivity index (χ4v) is 7.49. The lowest BCUT2D eigenvalue weighted by atomic mass is 9.95. The summed E-state index contributed by atoms with van der Waals surface area (Å²) in [7, 11) is 1.54. The fourth-order valence-electron chi connectivity index (χ4n) is 5.62. The first-order valence-corrected chi connectivity index (χ1v) is 17.6. The summed E-state index contributed by atoms with van der Waals surface area (Å²) in [6, 6.07) is 28.1. The van der Waals surface area contributed by atoms with E-state index in [0.29, 0.717) is 33.8 Å². The van der Waals surface area contributed by atoms with Gasteiger partial charge < -0.3 is 14.6 Å². The van der Waals surface area contributed by atoms with Gasteiger partial charge in [-0.1, -0.05) is 128 Å². The number of aromatic nitrogens is 2. The predicted octanol–water partition coefficient (Wildman–Crippen LogP) is 8.74. The third kappa shape index (κ3) is 7.14. The molecule has 1 N–H and O–H groups in total. The topological polar surface area (TPSA) is 102 Å². The minimum absolute atomic E-state index is 0.0500. The number of ether oxygens (including phenoxy) is 2. The van der Waals surface area contributed by atoms with Gasteiger partial charge in [-0.15, -0.1) is 10.2 Å². The summed E-state index contributed by atoms with van der Waals surface area (Å²) in [5.74, 6) is -0.175. The maximum atomic E-state index is 13.8. The maximum Gasteiger partial charge on any atom is 0.296 e. The van der Waals surface area contributed by atoms with Gasteiger partial charge in [0.15, 0.2) is 27.4 Å². The monoisotopic (exact) mass is 677 g/mol. The number of unbranched alkanes of at least 4 members (excludes halogenated alkanes) is 2. The zero-order valence-corrected chi connectivity index (χ0v) is 28.3. The Morgan fingerprint density at radius 3 is 2.58 bits per heavy atom. The number of fused-ring (bicyclic) bond motifs is 1. The highest BCUT2D eigenvalue weighted by atomic mass is 32.2. The van der Waals surface area contributed by atoms with Crippen molar-refractivity contribution in [1.29, 1.82) is 0 Å². The highest BCUT2D eigenvalue weighted by Gasteiger charge is 2.45. The minimum atomic E-state index is -0.975. The standard InChI is InChI=1S/C38H35N3O5S2/c1-3-4-10-22-46-31-21-19-27(23-32(31)45-2)34-33(30(42)20-18-25-12-6-5-7-13-25)35(43)36(44)41(34)37-39-40-38(48-37)47-24-28-16-11-15-26-14-8-9-17-29(26)28/h5-9,11-21,23,34,43H,3-4,10,22,24H2,1-2H3. The normalized spacial score (nSPS) is 14.8. The molecular weight excluding hydrogens is 643 g/mol. The molecule has 1 aliphatic heterocycles. The molecule has 1 atom stereocenters. The highest BCUT2D eigenvalue weighted by molar-refractivity contribution is 8.00. The van der Waals surface area contributed by atoms with Gasteiger partial charge in [-0.2, -0.15) is 0 Å². The lowest BCUT2D eigenvalue weighted by Crippen LogP contribution is -2.30. The summed E-state index contributed by atoms with van der Waals surface area (Å²) in [6.07, 6.45) is 6.07. The second-order valence-electron chi connectivity index (χ2n) is 11.2. The number of methoxy groups -OCH3 is 1. The molecule has 0 bridgehead atoms. The second kappa shape index (κ2) is 15.3. The Kier molecular flexibility index (Phi) is 10.5. The Morgan fingerprint density at radius 1 is 0.979 bits per heavy atom. The number of aliphatic hydroxyl groups excluding tert-OH is 1. The Bertz CT molecular complexity index is 1980. The lowest BCUT2D eigenvalue weighted by molar-refractivity contribution is -0.117. The van der Waals surface area contributed by atoms with E-state index in [9.17, 15) is 14.7 Å². The van der Waals surface area contributed by atoms with Crippen molar-refractivity contribution in [2.24, 2.45) is 0 Å². The largest absolute Gasteiger partial charge is 0.503 e. The molecule has 0 saturated carbocycles. The molecular formula is C38H35N3O5S2. The van der Waals surface area contributed by atoms with Crippen LogP contribution in [0.5, 0.6) is 11.5 Å². The van der Waals surface area contributed by atoms with Crippen molar-refractivity contribution in [3.63, 3.8) is 0 Å². The van der Waals surface area contributed by atoms with Crippen LogP contribution in [-0.2, 0) is 15.3 Å². The van der Waals surface area contributed by atoms with Crippen molar-refractivity contribution in [3.05, 3.63) is 125 Å². The van der Waals surface area contributed by atoms with Crippen LogP contribution in [0.25, 0.3) is 16.8 Å². The number of thioether (sulfide) groups is 1. The van der Waals surface area contributed by atoms with Crippen LogP contribution >= 0.6 is 23.1 Å². The van der Waals surface area contributed by atoms with Crippen LogP contribution in [0.1, 0.15) is 48.9 Å². The van der Waals surface area contributed by atoms with E-state index < -0.39 is 23.5 Å². The van der Waals surface area contributed by atoms with Crippen molar-refractivity contribution in [2.45, 2.75) is 42.3 Å². The predicted molar refractivity (Wildman–Crippen MR) is 192 cm³/mol. The van der Waals surface area contributed by atoms with Crippen molar-refractivity contribution in [2.75, 3.05) is 18.6 Å². The molecule has 0 saturated heterocycles. The van der Waals surface area contributed by atoms with Gasteiger partial charge in [-0.05, 0) is 52.1 Å². The number of allylic oxidation sites excluding steroid dienone is 1. The Labute approximate surface area is 287 Å². The SMILES string of the molecule is CCCCCOc1ccc(C2C(C(=O)C=Cc3ccccc3)=C(O)C(=O)N2c2nnc(SCc3cccc4ccccc34)s2)cc1OC. The summed E-state index contributed by atoms with van der Waals surface area (Å²) in [6.45, 7) is 2.67. The number of hydrogen-bond acceptors (Lipinski definition) is 9. The fraction of sp³-hybridized carbons (Fsp3) is 0.211. The average molecular weight is 678 g/mol. The van der Waals surface area contributed by atoms with Gasteiger partial charge in [0.05, 0.1) is 25.3 Å². The van der Waals surface area contributed by atoms with E-state index in [1.807, 2.05) is 48.5 Å². The van der Waals surface area contributed by atoms with Gasteiger partial charge in [0.2, 0.25) is 5.13 Å². The minimum Gasteiger partial charge on any atom is -0.503 e. The van der Waals surface area contributed by atoms with Crippen LogP contribution in [0.3, 0.4) is 0 Å². The molecule has 0 fully saturated rings. The molecule has 0 aliphatic carbocycles. The maximum absolute atomic E-state index is 13.8. The Hall–Kier alpha value is -4.93. The van der Waals surface area contributed by atoms with E-state index in [0.717, 1.165) is 35.8 Å². The first-order valence-electron chi connectivity index (χ1n) is 15.8. The molecule has 48 heavy (non-hydrogen) atoms. The third-order valence-electron chi connectivity index (χ3n) is 8.04. The number of ketones is 1. The zero-order chi connectivity index (χ0) is 33.5.